The molecule has 1 amide bonds. The van der Waals surface area contributed by atoms with Gasteiger partial charge in [0.25, 0.3) is 6.43 Å². The minimum absolute atomic E-state index is 0.0217. The molecule has 1 aliphatic rings. The predicted molar refractivity (Wildman–Crippen MR) is 124 cm³/mol. The minimum Gasteiger partial charge on any atom is -0.496 e. The molecule has 7 nitrogen and oxygen atoms in total. The molecule has 1 fully saturated rings. The number of likely N-dealkylation sites (tertiary alicyclic amines) is 1. The smallest absolute Gasteiger partial charge is 0.410 e. The van der Waals surface area contributed by atoms with Gasteiger partial charge < -0.3 is 14.4 Å². The van der Waals surface area contributed by atoms with Crippen LogP contribution in [0.15, 0.2) is 36.5 Å². The molecule has 1 aromatic carbocycles. The summed E-state index contributed by atoms with van der Waals surface area (Å²) in [4.78, 5) is 28.0. The first-order chi connectivity index (χ1) is 16.2. The minimum atomic E-state index is -2.68. The van der Waals surface area contributed by atoms with E-state index in [9.17, 15) is 13.6 Å². The summed E-state index contributed by atoms with van der Waals surface area (Å²) in [7, 11) is 1.44. The maximum Gasteiger partial charge on any atom is 0.410 e. The number of hydrogen-bond donors (Lipinski definition) is 0. The number of piperidine rings is 1. The molecule has 2 aromatic heterocycles. The topological polar surface area (TPSA) is 77.4 Å². The highest BCUT2D eigenvalue weighted by Crippen LogP contribution is 2.38. The highest BCUT2D eigenvalue weighted by Gasteiger charge is 2.29. The molecule has 0 N–H and O–H groups in total. The van der Waals surface area contributed by atoms with Crippen LogP contribution in [0.2, 0.25) is 0 Å². The average molecular weight is 471 g/mol. The molecular weight excluding hydrogens is 442 g/mol. The van der Waals surface area contributed by atoms with Crippen molar-refractivity contribution < 1.29 is 23.0 Å². The molecule has 4 rings (SSSR count). The van der Waals surface area contributed by atoms with Gasteiger partial charge in [-0.1, -0.05) is 12.1 Å². The summed E-state index contributed by atoms with van der Waals surface area (Å²) in [6, 6.07) is 7.88. The van der Waals surface area contributed by atoms with Crippen LogP contribution in [0.1, 0.15) is 57.2 Å². The Balaban J connectivity index is 1.66. The molecule has 3 heterocycles. The van der Waals surface area contributed by atoms with Crippen molar-refractivity contribution in [3.05, 3.63) is 47.8 Å². The van der Waals surface area contributed by atoms with E-state index < -0.39 is 12.0 Å². The molecule has 1 aliphatic heterocycles. The fourth-order valence-corrected chi connectivity index (χ4v) is 4.13. The van der Waals surface area contributed by atoms with E-state index in [0.29, 0.717) is 41.4 Å². The van der Waals surface area contributed by atoms with Crippen LogP contribution in [0.25, 0.3) is 22.4 Å². The third kappa shape index (κ3) is 5.08. The molecule has 0 saturated carbocycles. The van der Waals surface area contributed by atoms with E-state index in [1.165, 1.54) is 19.2 Å². The molecule has 34 heavy (non-hydrogen) atoms. The summed E-state index contributed by atoms with van der Waals surface area (Å²) < 4.78 is 38.2. The summed E-state index contributed by atoms with van der Waals surface area (Å²) in [6.07, 6.45) is 0.334. The Morgan fingerprint density at radius 3 is 2.68 bits per heavy atom. The number of carbonyl (C=O) groups excluding carboxylic acids is 1. The van der Waals surface area contributed by atoms with Crippen molar-refractivity contribution in [1.29, 1.82) is 0 Å². The zero-order valence-electron chi connectivity index (χ0n) is 19.7. The number of nitrogens with zero attached hydrogens (tertiary/aromatic N) is 4. The molecular formula is C25H28F2N4O3. The van der Waals surface area contributed by atoms with Gasteiger partial charge in [-0.3, -0.25) is 4.98 Å². The lowest BCUT2D eigenvalue weighted by Crippen LogP contribution is -2.42. The SMILES string of the molecule is COc1cccc(C(F)F)c1-c1ccc2ncc([C@@H]3CCCN(C(=O)OC(C)(C)C)C3)nc2n1. The van der Waals surface area contributed by atoms with Crippen molar-refractivity contribution in [2.75, 3.05) is 20.2 Å². The Hall–Kier alpha value is -3.36. The second-order valence-corrected chi connectivity index (χ2v) is 9.32. The summed E-state index contributed by atoms with van der Waals surface area (Å²) in [5.74, 6) is 0.292. The monoisotopic (exact) mass is 470 g/mol. The van der Waals surface area contributed by atoms with Crippen LogP contribution in [-0.4, -0.2) is 51.7 Å². The fourth-order valence-electron chi connectivity index (χ4n) is 4.13. The van der Waals surface area contributed by atoms with Gasteiger partial charge in [-0.15, -0.1) is 0 Å². The Morgan fingerprint density at radius 2 is 1.97 bits per heavy atom. The molecule has 0 aliphatic carbocycles. The van der Waals surface area contributed by atoms with Crippen LogP contribution in [0, 0.1) is 0 Å². The molecule has 1 saturated heterocycles. The lowest BCUT2D eigenvalue weighted by Gasteiger charge is -2.33. The molecule has 0 radical (unpaired) electrons. The molecule has 3 aromatic rings. The summed E-state index contributed by atoms with van der Waals surface area (Å²) in [5, 5.41) is 0. The first-order valence-corrected chi connectivity index (χ1v) is 11.2. The Kier molecular flexibility index (Phi) is 6.63. The maximum absolute atomic E-state index is 13.7. The number of methoxy groups -OCH3 is 1. The van der Waals surface area contributed by atoms with E-state index in [0.717, 1.165) is 12.8 Å². The van der Waals surface area contributed by atoms with Crippen LogP contribution in [0.5, 0.6) is 5.75 Å². The number of amides is 1. The lowest BCUT2D eigenvalue weighted by atomic mass is 9.95. The van der Waals surface area contributed by atoms with Crippen LogP contribution in [-0.2, 0) is 4.74 Å². The second kappa shape index (κ2) is 9.48. The van der Waals surface area contributed by atoms with Crippen LogP contribution in [0.4, 0.5) is 13.6 Å². The van der Waals surface area contributed by atoms with Crippen molar-refractivity contribution in [3.63, 3.8) is 0 Å². The van der Waals surface area contributed by atoms with Gasteiger partial charge in [-0.05, 0) is 51.8 Å². The first kappa shape index (κ1) is 23.8. The van der Waals surface area contributed by atoms with Crippen molar-refractivity contribution in [2.24, 2.45) is 0 Å². The Morgan fingerprint density at radius 1 is 1.18 bits per heavy atom. The van der Waals surface area contributed by atoms with Crippen LogP contribution < -0.4 is 4.74 Å². The number of carbonyl (C=O) groups is 1. The highest BCUT2D eigenvalue weighted by molar-refractivity contribution is 5.78. The van der Waals surface area contributed by atoms with E-state index in [-0.39, 0.29) is 23.1 Å². The van der Waals surface area contributed by atoms with E-state index >= 15 is 0 Å². The third-order valence-electron chi connectivity index (χ3n) is 5.69. The van der Waals surface area contributed by atoms with Gasteiger partial charge in [0.15, 0.2) is 5.65 Å². The average Bonchev–Trinajstić information content (AvgIpc) is 2.81. The third-order valence-corrected chi connectivity index (χ3v) is 5.69. The zero-order valence-corrected chi connectivity index (χ0v) is 19.7. The van der Waals surface area contributed by atoms with E-state index in [1.807, 2.05) is 20.8 Å². The summed E-state index contributed by atoms with van der Waals surface area (Å²) in [6.45, 7) is 6.61. The maximum atomic E-state index is 13.7. The summed E-state index contributed by atoms with van der Waals surface area (Å²) in [5.41, 5.74) is 1.47. The molecule has 0 spiro atoms. The van der Waals surface area contributed by atoms with E-state index in [2.05, 4.69) is 9.97 Å². The van der Waals surface area contributed by atoms with E-state index in [4.69, 9.17) is 14.5 Å². The number of halogens is 2. The number of aromatic nitrogens is 3. The van der Waals surface area contributed by atoms with Crippen molar-refractivity contribution >= 4 is 17.3 Å². The van der Waals surface area contributed by atoms with Crippen molar-refractivity contribution in [3.8, 4) is 17.0 Å². The largest absolute Gasteiger partial charge is 0.496 e. The van der Waals surface area contributed by atoms with Gasteiger partial charge in [0.2, 0.25) is 0 Å². The summed E-state index contributed by atoms with van der Waals surface area (Å²) >= 11 is 0. The first-order valence-electron chi connectivity index (χ1n) is 11.2. The Bertz CT molecular complexity index is 1200. The molecule has 1 atom stereocenters. The molecule has 9 heteroatoms. The number of ether oxygens (including phenoxy) is 2. The number of rotatable bonds is 4. The van der Waals surface area contributed by atoms with Gasteiger partial charge in [0.1, 0.15) is 16.9 Å². The molecule has 180 valence electrons. The standard InChI is InChI=1S/C25H28F2N4O3/c1-25(2,3)34-24(32)31-12-6-7-15(14-31)19-13-28-18-11-10-17(29-23(18)30-19)21-16(22(26)27)8-5-9-20(21)33-4/h5,8-11,13,15,22H,6-7,12,14H2,1-4H3/t15-/m1/s1. The number of hydrogen-bond acceptors (Lipinski definition) is 6. The van der Waals surface area contributed by atoms with Gasteiger partial charge in [0.05, 0.1) is 24.1 Å². The van der Waals surface area contributed by atoms with Crippen molar-refractivity contribution in [2.45, 2.75) is 51.6 Å². The van der Waals surface area contributed by atoms with Gasteiger partial charge in [0, 0.05) is 30.8 Å². The quantitative estimate of drug-likeness (QED) is 0.483. The highest BCUT2D eigenvalue weighted by atomic mass is 19.3. The van der Waals surface area contributed by atoms with Gasteiger partial charge >= 0.3 is 6.09 Å². The fraction of sp³-hybridized carbons (Fsp3) is 0.440. The molecule has 0 unspecified atom stereocenters. The second-order valence-electron chi connectivity index (χ2n) is 9.32. The van der Waals surface area contributed by atoms with E-state index in [1.54, 1.807) is 29.3 Å². The van der Waals surface area contributed by atoms with Crippen molar-refractivity contribution in [1.82, 2.24) is 19.9 Å². The number of fused-ring (bicyclic) bond motifs is 1. The zero-order chi connectivity index (χ0) is 24.5. The van der Waals surface area contributed by atoms with Crippen LogP contribution in [0.3, 0.4) is 0 Å². The Labute approximate surface area is 197 Å². The lowest BCUT2D eigenvalue weighted by molar-refractivity contribution is 0.0197. The van der Waals surface area contributed by atoms with Gasteiger partial charge in [-0.2, -0.15) is 0 Å². The predicted octanol–water partition coefficient (Wildman–Crippen LogP) is 5.75. The number of pyridine rings is 1. The normalized spacial score (nSPS) is 16.7. The van der Waals surface area contributed by atoms with Crippen LogP contribution >= 0.6 is 0 Å². The number of alkyl halides is 2. The van der Waals surface area contributed by atoms with Gasteiger partial charge in [-0.25, -0.2) is 23.5 Å². The molecule has 0 bridgehead atoms. The number of benzene rings is 1.